The molecule has 0 bridgehead atoms. The summed E-state index contributed by atoms with van der Waals surface area (Å²) in [6, 6.07) is 1.98. The van der Waals surface area contributed by atoms with Crippen LogP contribution in [0.4, 0.5) is 8.78 Å². The van der Waals surface area contributed by atoms with E-state index in [1.165, 1.54) is 13.2 Å². The molecule has 0 aliphatic heterocycles. The summed E-state index contributed by atoms with van der Waals surface area (Å²) in [5.74, 6) is -1.86. The van der Waals surface area contributed by atoms with Crippen LogP contribution in [0.5, 0.6) is 0 Å². The first-order chi connectivity index (χ1) is 7.08. The lowest BCUT2D eigenvalue weighted by Gasteiger charge is -2.04. The Bertz CT molecular complexity index is 400. The van der Waals surface area contributed by atoms with Crippen LogP contribution in [0, 0.1) is 11.6 Å². The fraction of sp³-hybridized carbons (Fsp3) is 0.182. The van der Waals surface area contributed by atoms with E-state index in [-0.39, 0.29) is 17.5 Å². The first kappa shape index (κ1) is 11.4. The third-order valence-corrected chi connectivity index (χ3v) is 1.95. The molecule has 0 heterocycles. The minimum absolute atomic E-state index is 0.0232. The maximum absolute atomic E-state index is 13.3. The normalized spacial score (nSPS) is 9.80. The molecule has 2 nitrogen and oxygen atoms in total. The molecule has 80 valence electrons. The Hall–Kier alpha value is -1.71. The Morgan fingerprint density at radius 2 is 2.13 bits per heavy atom. The third-order valence-electron chi connectivity index (χ3n) is 1.95. The zero-order chi connectivity index (χ0) is 11.4. The van der Waals surface area contributed by atoms with E-state index in [0.29, 0.717) is 0 Å². The SMILES string of the molecule is C=Cc1cc(F)c(CC(=O)OC)cc1F. The molecule has 1 aromatic rings. The van der Waals surface area contributed by atoms with Gasteiger partial charge in [0.25, 0.3) is 0 Å². The van der Waals surface area contributed by atoms with Crippen LogP contribution in [0.3, 0.4) is 0 Å². The number of methoxy groups -OCH3 is 1. The van der Waals surface area contributed by atoms with Gasteiger partial charge in [-0.15, -0.1) is 0 Å². The van der Waals surface area contributed by atoms with Crippen LogP contribution in [-0.2, 0) is 16.0 Å². The van der Waals surface area contributed by atoms with E-state index >= 15 is 0 Å². The number of benzene rings is 1. The van der Waals surface area contributed by atoms with Crippen molar-refractivity contribution in [3.05, 3.63) is 41.5 Å². The predicted molar refractivity (Wildman–Crippen MR) is 52.2 cm³/mol. The van der Waals surface area contributed by atoms with E-state index < -0.39 is 17.6 Å². The summed E-state index contributed by atoms with van der Waals surface area (Å²) in [5.41, 5.74) is 0.0473. The molecule has 4 heteroatoms. The number of carbonyl (C=O) groups excluding carboxylic acids is 1. The molecule has 0 unspecified atom stereocenters. The van der Waals surface area contributed by atoms with Gasteiger partial charge in [0, 0.05) is 11.1 Å². The number of carbonyl (C=O) groups is 1. The summed E-state index contributed by atoms with van der Waals surface area (Å²) in [7, 11) is 1.19. The Balaban J connectivity index is 3.05. The van der Waals surface area contributed by atoms with Crippen molar-refractivity contribution in [2.45, 2.75) is 6.42 Å². The lowest BCUT2D eigenvalue weighted by atomic mass is 10.1. The third kappa shape index (κ3) is 2.62. The molecule has 0 radical (unpaired) electrons. The lowest BCUT2D eigenvalue weighted by molar-refractivity contribution is -0.139. The monoisotopic (exact) mass is 212 g/mol. The number of hydrogen-bond donors (Lipinski definition) is 0. The van der Waals surface area contributed by atoms with E-state index in [1.807, 2.05) is 0 Å². The number of halogens is 2. The second-order valence-corrected chi connectivity index (χ2v) is 2.92. The first-order valence-corrected chi connectivity index (χ1v) is 4.25. The Labute approximate surface area is 86.2 Å². The van der Waals surface area contributed by atoms with E-state index in [9.17, 15) is 13.6 Å². The highest BCUT2D eigenvalue weighted by Gasteiger charge is 2.11. The molecule has 0 fully saturated rings. The molecule has 1 rings (SSSR count). The van der Waals surface area contributed by atoms with Crippen LogP contribution in [0.2, 0.25) is 0 Å². The molecule has 0 amide bonds. The quantitative estimate of drug-likeness (QED) is 0.719. The zero-order valence-electron chi connectivity index (χ0n) is 8.22. The maximum Gasteiger partial charge on any atom is 0.310 e. The van der Waals surface area contributed by atoms with Crippen LogP contribution in [0.25, 0.3) is 6.08 Å². The second-order valence-electron chi connectivity index (χ2n) is 2.92. The molecular formula is C11H10F2O2. The van der Waals surface area contributed by atoms with Gasteiger partial charge in [0.05, 0.1) is 13.5 Å². The minimum atomic E-state index is -0.642. The minimum Gasteiger partial charge on any atom is -0.469 e. The first-order valence-electron chi connectivity index (χ1n) is 4.25. The summed E-state index contributed by atoms with van der Waals surface area (Å²) < 4.78 is 30.8. The van der Waals surface area contributed by atoms with E-state index in [0.717, 1.165) is 12.1 Å². The summed E-state index contributed by atoms with van der Waals surface area (Å²) in [4.78, 5) is 10.9. The standard InChI is InChI=1S/C11H10F2O2/c1-3-7-4-10(13)8(5-9(7)12)6-11(14)15-2/h3-5H,1,6H2,2H3. The van der Waals surface area contributed by atoms with Gasteiger partial charge in [0.1, 0.15) is 11.6 Å². The molecule has 1 aromatic carbocycles. The smallest absolute Gasteiger partial charge is 0.310 e. The van der Waals surface area contributed by atoms with Crippen molar-refractivity contribution in [1.82, 2.24) is 0 Å². The van der Waals surface area contributed by atoms with Crippen molar-refractivity contribution in [2.75, 3.05) is 7.11 Å². The average Bonchev–Trinajstić information content (AvgIpc) is 2.22. The van der Waals surface area contributed by atoms with Crippen LogP contribution < -0.4 is 0 Å². The van der Waals surface area contributed by atoms with E-state index in [4.69, 9.17) is 0 Å². The van der Waals surface area contributed by atoms with Gasteiger partial charge in [0.15, 0.2) is 0 Å². The van der Waals surface area contributed by atoms with Gasteiger partial charge in [-0.2, -0.15) is 0 Å². The highest BCUT2D eigenvalue weighted by molar-refractivity contribution is 5.72. The van der Waals surface area contributed by atoms with Crippen molar-refractivity contribution >= 4 is 12.0 Å². The van der Waals surface area contributed by atoms with Crippen molar-refractivity contribution < 1.29 is 18.3 Å². The van der Waals surface area contributed by atoms with Crippen molar-refractivity contribution in [2.24, 2.45) is 0 Å². The predicted octanol–water partition coefficient (Wildman–Crippen LogP) is 2.32. The van der Waals surface area contributed by atoms with Crippen LogP contribution >= 0.6 is 0 Å². The number of ether oxygens (including phenoxy) is 1. The highest BCUT2D eigenvalue weighted by Crippen LogP contribution is 2.16. The van der Waals surface area contributed by atoms with Crippen molar-refractivity contribution in [3.8, 4) is 0 Å². The second kappa shape index (κ2) is 4.68. The van der Waals surface area contributed by atoms with Crippen molar-refractivity contribution in [3.63, 3.8) is 0 Å². The van der Waals surface area contributed by atoms with Crippen LogP contribution in [0.1, 0.15) is 11.1 Å². The number of rotatable bonds is 3. The van der Waals surface area contributed by atoms with Crippen LogP contribution in [0.15, 0.2) is 18.7 Å². The molecular weight excluding hydrogens is 202 g/mol. The lowest BCUT2D eigenvalue weighted by Crippen LogP contribution is -2.07. The van der Waals surface area contributed by atoms with Gasteiger partial charge < -0.3 is 4.74 Å². The van der Waals surface area contributed by atoms with Gasteiger partial charge in [-0.05, 0) is 12.1 Å². The molecule has 0 aliphatic rings. The number of esters is 1. The molecule has 0 N–H and O–H groups in total. The zero-order valence-corrected chi connectivity index (χ0v) is 8.22. The molecule has 0 atom stereocenters. The fourth-order valence-corrected chi connectivity index (χ4v) is 1.12. The van der Waals surface area contributed by atoms with Crippen molar-refractivity contribution in [1.29, 1.82) is 0 Å². The molecule has 15 heavy (non-hydrogen) atoms. The van der Waals surface area contributed by atoms with Gasteiger partial charge in [-0.3, -0.25) is 4.79 Å². The molecule has 0 saturated carbocycles. The van der Waals surface area contributed by atoms with Gasteiger partial charge >= 0.3 is 5.97 Å². The Morgan fingerprint density at radius 3 is 2.67 bits per heavy atom. The Morgan fingerprint density at radius 1 is 1.47 bits per heavy atom. The van der Waals surface area contributed by atoms with Gasteiger partial charge in [-0.25, -0.2) is 8.78 Å². The molecule has 0 aliphatic carbocycles. The molecule has 0 spiro atoms. The summed E-state index contributed by atoms with van der Waals surface area (Å²) in [6.07, 6.45) is 0.928. The average molecular weight is 212 g/mol. The number of hydrogen-bond acceptors (Lipinski definition) is 2. The Kier molecular flexibility index (Phi) is 3.55. The largest absolute Gasteiger partial charge is 0.469 e. The van der Waals surface area contributed by atoms with E-state index in [2.05, 4.69) is 11.3 Å². The molecule has 0 aromatic heterocycles. The van der Waals surface area contributed by atoms with Gasteiger partial charge in [-0.1, -0.05) is 12.7 Å². The topological polar surface area (TPSA) is 26.3 Å². The summed E-state index contributed by atoms with van der Waals surface area (Å²) >= 11 is 0. The van der Waals surface area contributed by atoms with Crippen LogP contribution in [-0.4, -0.2) is 13.1 Å². The summed E-state index contributed by atoms with van der Waals surface area (Å²) in [5, 5.41) is 0. The summed E-state index contributed by atoms with van der Waals surface area (Å²) in [6.45, 7) is 3.34. The van der Waals surface area contributed by atoms with Gasteiger partial charge in [0.2, 0.25) is 0 Å². The fourth-order valence-electron chi connectivity index (χ4n) is 1.12. The van der Waals surface area contributed by atoms with E-state index in [1.54, 1.807) is 0 Å². The maximum atomic E-state index is 13.3. The highest BCUT2D eigenvalue weighted by atomic mass is 19.1. The molecule has 0 saturated heterocycles.